The summed E-state index contributed by atoms with van der Waals surface area (Å²) in [6.45, 7) is 8.53. The summed E-state index contributed by atoms with van der Waals surface area (Å²) in [5.74, 6) is -1.06. The monoisotopic (exact) mass is 375 g/mol. The van der Waals surface area contributed by atoms with Crippen LogP contribution in [-0.4, -0.2) is 44.1 Å². The lowest BCUT2D eigenvalue weighted by Gasteiger charge is -2.21. The Balaban J connectivity index is 2.17. The molecule has 0 radical (unpaired) electrons. The number of aromatic nitrogens is 3. The van der Waals surface area contributed by atoms with E-state index >= 15 is 0 Å². The van der Waals surface area contributed by atoms with Crippen LogP contribution >= 0.6 is 0 Å². The minimum atomic E-state index is -0.579. The van der Waals surface area contributed by atoms with Crippen molar-refractivity contribution in [3.8, 4) is 5.88 Å². The molecular weight excluding hydrogens is 350 g/mol. The normalized spacial score (nSPS) is 14.8. The van der Waals surface area contributed by atoms with Gasteiger partial charge in [0, 0.05) is 18.7 Å². The zero-order chi connectivity index (χ0) is 19.8. The van der Waals surface area contributed by atoms with Gasteiger partial charge in [-0.1, -0.05) is 25.9 Å². The first-order valence-electron chi connectivity index (χ1n) is 9.03. The second-order valence-electron chi connectivity index (χ2n) is 7.89. The van der Waals surface area contributed by atoms with Crippen molar-refractivity contribution < 1.29 is 14.7 Å². The van der Waals surface area contributed by atoms with Crippen LogP contribution < -0.4 is 10.9 Å². The van der Waals surface area contributed by atoms with Gasteiger partial charge in [0.1, 0.15) is 17.9 Å². The second kappa shape index (κ2) is 7.05. The fraction of sp³-hybridized carbons (Fsp3) is 0.556. The number of carbonyl (C=O) groups excluding carboxylic acids is 1. The number of oxime groups is 1. The Morgan fingerprint density at radius 2 is 2.19 bits per heavy atom. The third-order valence-electron chi connectivity index (χ3n) is 4.03. The van der Waals surface area contributed by atoms with Gasteiger partial charge in [-0.2, -0.15) is 9.61 Å². The van der Waals surface area contributed by atoms with Crippen molar-refractivity contribution in [3.63, 3.8) is 0 Å². The van der Waals surface area contributed by atoms with Crippen molar-refractivity contribution in [3.05, 3.63) is 27.7 Å². The van der Waals surface area contributed by atoms with Crippen LogP contribution in [0.4, 0.5) is 0 Å². The summed E-state index contributed by atoms with van der Waals surface area (Å²) in [6.07, 6.45) is 3.15. The van der Waals surface area contributed by atoms with E-state index in [2.05, 4.69) is 15.6 Å². The van der Waals surface area contributed by atoms with Crippen LogP contribution in [-0.2, 0) is 11.4 Å². The number of carbonyl (C=O) groups is 1. The summed E-state index contributed by atoms with van der Waals surface area (Å²) in [6, 6.07) is 1.69. The Kier molecular flexibility index (Phi) is 4.95. The smallest absolute Gasteiger partial charge is 0.270 e. The maximum atomic E-state index is 13.0. The van der Waals surface area contributed by atoms with Gasteiger partial charge in [0.2, 0.25) is 5.88 Å². The Labute approximate surface area is 156 Å². The highest BCUT2D eigenvalue weighted by atomic mass is 16.6. The average molecular weight is 375 g/mol. The van der Waals surface area contributed by atoms with E-state index in [1.165, 1.54) is 15.3 Å². The molecule has 0 atom stereocenters. The number of hydrogen-bond donors (Lipinski definition) is 2. The largest absolute Gasteiger partial charge is 0.492 e. The van der Waals surface area contributed by atoms with Crippen molar-refractivity contribution in [2.24, 2.45) is 10.6 Å². The van der Waals surface area contributed by atoms with E-state index in [0.717, 1.165) is 12.8 Å². The molecule has 3 rings (SSSR count). The van der Waals surface area contributed by atoms with Crippen molar-refractivity contribution in [1.82, 2.24) is 19.5 Å². The third-order valence-corrected chi connectivity index (χ3v) is 4.03. The molecule has 0 aliphatic heterocycles. The third kappa shape index (κ3) is 4.12. The predicted octanol–water partition coefficient (Wildman–Crippen LogP) is 1.51. The average Bonchev–Trinajstić information content (AvgIpc) is 3.27. The van der Waals surface area contributed by atoms with E-state index in [4.69, 9.17) is 4.84 Å². The molecule has 27 heavy (non-hydrogen) atoms. The second-order valence-corrected chi connectivity index (χ2v) is 7.89. The molecule has 2 heterocycles. The number of amides is 1. The Hall–Kier alpha value is -2.84. The molecule has 1 aliphatic rings. The van der Waals surface area contributed by atoms with Crippen molar-refractivity contribution in [1.29, 1.82) is 0 Å². The molecule has 2 aromatic rings. The molecule has 9 heteroatoms. The zero-order valence-electron chi connectivity index (χ0n) is 16.0. The van der Waals surface area contributed by atoms with Crippen LogP contribution in [0.25, 0.3) is 5.65 Å². The summed E-state index contributed by atoms with van der Waals surface area (Å²) in [5, 5.41) is 21.4. The first-order valence-corrected chi connectivity index (χ1v) is 9.03. The molecule has 146 valence electrons. The quantitative estimate of drug-likeness (QED) is 0.587. The number of fused-ring (bicyclic) bond motifs is 1. The van der Waals surface area contributed by atoms with Gasteiger partial charge in [0.15, 0.2) is 5.56 Å². The molecule has 0 aromatic carbocycles. The molecule has 2 N–H and O–H groups in total. The van der Waals surface area contributed by atoms with Gasteiger partial charge in [-0.3, -0.25) is 14.2 Å². The van der Waals surface area contributed by atoms with Crippen LogP contribution in [0.2, 0.25) is 0 Å². The zero-order valence-corrected chi connectivity index (χ0v) is 16.0. The van der Waals surface area contributed by atoms with E-state index < -0.39 is 17.3 Å². The van der Waals surface area contributed by atoms with Gasteiger partial charge in [0.05, 0.1) is 6.21 Å². The number of nitrogens with zero attached hydrogens (tertiary/aromatic N) is 4. The van der Waals surface area contributed by atoms with E-state index in [1.54, 1.807) is 13.0 Å². The van der Waals surface area contributed by atoms with Gasteiger partial charge in [-0.05, 0) is 25.2 Å². The highest BCUT2D eigenvalue weighted by molar-refractivity contribution is 5.96. The first-order chi connectivity index (χ1) is 12.7. The number of hydrogen-bond acceptors (Lipinski definition) is 6. The summed E-state index contributed by atoms with van der Waals surface area (Å²) in [4.78, 5) is 30.5. The molecule has 0 spiro atoms. The first kappa shape index (κ1) is 18.9. The van der Waals surface area contributed by atoms with Crippen molar-refractivity contribution in [2.75, 3.05) is 6.61 Å². The highest BCUT2D eigenvalue weighted by Crippen LogP contribution is 2.23. The Bertz CT molecular complexity index is 947. The molecule has 1 aliphatic carbocycles. The highest BCUT2D eigenvalue weighted by Gasteiger charge is 2.30. The van der Waals surface area contributed by atoms with Crippen molar-refractivity contribution in [2.45, 2.75) is 53.1 Å². The molecule has 0 saturated heterocycles. The Morgan fingerprint density at radius 1 is 1.48 bits per heavy atom. The number of rotatable bonds is 6. The molecule has 0 unspecified atom stereocenters. The lowest BCUT2D eigenvalue weighted by molar-refractivity contribution is 0.0944. The molecule has 9 nitrogen and oxygen atoms in total. The molecule has 1 amide bonds. The molecule has 1 fully saturated rings. The molecular formula is C18H25N5O4. The molecule has 2 aromatic heterocycles. The van der Waals surface area contributed by atoms with Crippen LogP contribution in [0.5, 0.6) is 5.88 Å². The van der Waals surface area contributed by atoms with E-state index in [-0.39, 0.29) is 17.0 Å². The lowest BCUT2D eigenvalue weighted by atomic mass is 9.97. The van der Waals surface area contributed by atoms with Gasteiger partial charge >= 0.3 is 0 Å². The van der Waals surface area contributed by atoms with Gasteiger partial charge in [0.25, 0.3) is 11.5 Å². The van der Waals surface area contributed by atoms with Gasteiger partial charge in [-0.25, -0.2) is 0 Å². The van der Waals surface area contributed by atoms with Crippen LogP contribution in [0, 0.1) is 5.41 Å². The molecule has 1 saturated carbocycles. The van der Waals surface area contributed by atoms with Crippen molar-refractivity contribution >= 4 is 17.8 Å². The van der Waals surface area contributed by atoms with E-state index in [1.807, 2.05) is 20.8 Å². The van der Waals surface area contributed by atoms with Crippen LogP contribution in [0.1, 0.15) is 56.6 Å². The summed E-state index contributed by atoms with van der Waals surface area (Å²) in [7, 11) is 0. The van der Waals surface area contributed by atoms with Gasteiger partial charge < -0.3 is 15.3 Å². The predicted molar refractivity (Wildman–Crippen MR) is 100 cm³/mol. The molecule has 0 bridgehead atoms. The van der Waals surface area contributed by atoms with Gasteiger partial charge in [-0.15, -0.1) is 0 Å². The van der Waals surface area contributed by atoms with E-state index in [9.17, 15) is 14.7 Å². The van der Waals surface area contributed by atoms with E-state index in [0.29, 0.717) is 24.5 Å². The SMILES string of the molecule is CCON=Cc1cc2n(CC(C)(C)C)c(=O)c(C(=O)NC3CC3)c(O)n2n1. The van der Waals surface area contributed by atoms with Crippen LogP contribution in [0.15, 0.2) is 16.0 Å². The minimum absolute atomic E-state index is 0.0644. The van der Waals surface area contributed by atoms with Crippen LogP contribution in [0.3, 0.4) is 0 Å². The maximum absolute atomic E-state index is 13.0. The Morgan fingerprint density at radius 3 is 2.78 bits per heavy atom. The lowest BCUT2D eigenvalue weighted by Crippen LogP contribution is -2.37. The number of aromatic hydroxyl groups is 1. The fourth-order valence-electron chi connectivity index (χ4n) is 2.72. The standard InChI is InChI=1S/C18H25N5O4/c1-5-27-19-9-12-8-13-22(10-18(2,3)4)16(25)14(17(26)23(13)21-12)15(24)20-11-6-7-11/h8-9,11,26H,5-7,10H2,1-4H3,(H,20,24). The summed E-state index contributed by atoms with van der Waals surface area (Å²) >= 11 is 0. The maximum Gasteiger partial charge on any atom is 0.270 e. The fourth-order valence-corrected chi connectivity index (χ4v) is 2.72. The minimum Gasteiger partial charge on any atom is -0.492 e. The topological polar surface area (TPSA) is 110 Å². The summed E-state index contributed by atoms with van der Waals surface area (Å²) in [5.41, 5.74) is -0.278. The summed E-state index contributed by atoms with van der Waals surface area (Å²) < 4.78 is 2.66. The number of nitrogens with one attached hydrogen (secondary N) is 1.